The van der Waals surface area contributed by atoms with Gasteiger partial charge in [0.15, 0.2) is 11.5 Å². The molecule has 24 heavy (non-hydrogen) atoms. The van der Waals surface area contributed by atoms with E-state index >= 15 is 0 Å². The van der Waals surface area contributed by atoms with Crippen LogP contribution in [0.5, 0.6) is 11.5 Å². The molecule has 0 aliphatic carbocycles. The molecule has 0 N–H and O–H groups in total. The third kappa shape index (κ3) is 5.44. The molecule has 0 heterocycles. The van der Waals surface area contributed by atoms with Gasteiger partial charge in [0, 0.05) is 12.5 Å². The van der Waals surface area contributed by atoms with Crippen molar-refractivity contribution in [1.29, 1.82) is 0 Å². The summed E-state index contributed by atoms with van der Waals surface area (Å²) < 4.78 is 16.5. The molecule has 0 saturated carbocycles. The van der Waals surface area contributed by atoms with Crippen molar-refractivity contribution in [3.05, 3.63) is 48.6 Å². The predicted octanol–water partition coefficient (Wildman–Crippen LogP) is 4.78. The first kappa shape index (κ1) is 19.8. The summed E-state index contributed by atoms with van der Waals surface area (Å²) in [7, 11) is 3.22. The van der Waals surface area contributed by atoms with Gasteiger partial charge in [-0.15, -0.1) is 13.2 Å². The zero-order valence-corrected chi connectivity index (χ0v) is 15.0. The molecular weight excluding hydrogens is 304 g/mol. The zero-order valence-electron chi connectivity index (χ0n) is 15.0. The lowest BCUT2D eigenvalue weighted by Crippen LogP contribution is -2.12. The zero-order chi connectivity index (χ0) is 17.9. The van der Waals surface area contributed by atoms with Crippen LogP contribution in [0.25, 0.3) is 0 Å². The Morgan fingerprint density at radius 3 is 2.46 bits per heavy atom. The van der Waals surface area contributed by atoms with Crippen LogP contribution >= 0.6 is 0 Å². The van der Waals surface area contributed by atoms with Crippen molar-refractivity contribution in [3.8, 4) is 11.5 Å². The lowest BCUT2D eigenvalue weighted by atomic mass is 9.94. The summed E-state index contributed by atoms with van der Waals surface area (Å²) in [6, 6.07) is 3.79. The average molecular weight is 332 g/mol. The Balaban J connectivity index is 3.20. The lowest BCUT2D eigenvalue weighted by molar-refractivity contribution is -0.147. The predicted molar refractivity (Wildman–Crippen MR) is 96.6 cm³/mol. The van der Waals surface area contributed by atoms with E-state index in [2.05, 4.69) is 13.2 Å². The molecule has 132 valence electrons. The largest absolute Gasteiger partial charge is 0.493 e. The molecule has 0 aromatic heterocycles. The lowest BCUT2D eigenvalue weighted by Gasteiger charge is -2.23. The summed E-state index contributed by atoms with van der Waals surface area (Å²) in [6.07, 6.45) is 7.70. The molecule has 0 amide bonds. The number of hydrogen-bond acceptors (Lipinski definition) is 4. The second-order valence-electron chi connectivity index (χ2n) is 5.53. The third-order valence-electron chi connectivity index (χ3n) is 3.81. The third-order valence-corrected chi connectivity index (χ3v) is 3.81. The maximum Gasteiger partial charge on any atom is 0.303 e. The van der Waals surface area contributed by atoms with Crippen LogP contribution in [0.15, 0.2) is 37.4 Å². The number of esters is 1. The minimum Gasteiger partial charge on any atom is -0.493 e. The van der Waals surface area contributed by atoms with E-state index in [1.807, 2.05) is 24.3 Å². The van der Waals surface area contributed by atoms with Gasteiger partial charge in [-0.05, 0) is 43.7 Å². The van der Waals surface area contributed by atoms with Gasteiger partial charge in [-0.1, -0.05) is 18.2 Å². The molecule has 0 radical (unpaired) electrons. The summed E-state index contributed by atoms with van der Waals surface area (Å²) in [6.45, 7) is 8.99. The van der Waals surface area contributed by atoms with E-state index in [9.17, 15) is 4.79 Å². The first-order chi connectivity index (χ1) is 11.6. The second-order valence-corrected chi connectivity index (χ2v) is 5.53. The molecule has 0 aliphatic heterocycles. The van der Waals surface area contributed by atoms with Gasteiger partial charge >= 0.3 is 5.97 Å². The molecule has 0 bridgehead atoms. The van der Waals surface area contributed by atoms with Crippen molar-refractivity contribution >= 4 is 5.97 Å². The van der Waals surface area contributed by atoms with E-state index in [1.165, 1.54) is 6.92 Å². The van der Waals surface area contributed by atoms with Gasteiger partial charge in [0.2, 0.25) is 0 Å². The van der Waals surface area contributed by atoms with Gasteiger partial charge in [-0.25, -0.2) is 0 Å². The van der Waals surface area contributed by atoms with E-state index in [-0.39, 0.29) is 12.1 Å². The van der Waals surface area contributed by atoms with E-state index in [0.29, 0.717) is 17.9 Å². The smallest absolute Gasteiger partial charge is 0.303 e. The SMILES string of the molecule is C=CCCCCC(OC(C)=O)c1ccc(OC)c(OC)c1CC=C. The molecular formula is C20H28O4. The average Bonchev–Trinajstić information content (AvgIpc) is 2.57. The van der Waals surface area contributed by atoms with Crippen molar-refractivity contribution in [2.24, 2.45) is 0 Å². The molecule has 0 spiro atoms. The van der Waals surface area contributed by atoms with Crippen LogP contribution in [-0.2, 0) is 16.0 Å². The van der Waals surface area contributed by atoms with Crippen LogP contribution in [0.1, 0.15) is 49.8 Å². The van der Waals surface area contributed by atoms with Crippen LogP contribution < -0.4 is 9.47 Å². The number of hydrogen-bond donors (Lipinski definition) is 0. The molecule has 1 aromatic carbocycles. The van der Waals surface area contributed by atoms with Crippen LogP contribution in [0, 0.1) is 0 Å². The fraction of sp³-hybridized carbons (Fsp3) is 0.450. The Kier molecular flexibility index (Phi) is 8.69. The number of carbonyl (C=O) groups is 1. The fourth-order valence-corrected chi connectivity index (χ4v) is 2.76. The van der Waals surface area contributed by atoms with Gasteiger partial charge in [0.25, 0.3) is 0 Å². The van der Waals surface area contributed by atoms with E-state index in [0.717, 1.165) is 36.8 Å². The van der Waals surface area contributed by atoms with Gasteiger partial charge in [-0.3, -0.25) is 4.79 Å². The van der Waals surface area contributed by atoms with E-state index in [4.69, 9.17) is 14.2 Å². The number of carbonyl (C=O) groups excluding carboxylic acids is 1. The van der Waals surface area contributed by atoms with Crippen molar-refractivity contribution in [3.63, 3.8) is 0 Å². The van der Waals surface area contributed by atoms with Crippen LogP contribution in [0.3, 0.4) is 0 Å². The summed E-state index contributed by atoms with van der Waals surface area (Å²) in [5.41, 5.74) is 1.89. The van der Waals surface area contributed by atoms with Gasteiger partial charge < -0.3 is 14.2 Å². The summed E-state index contributed by atoms with van der Waals surface area (Å²) >= 11 is 0. The van der Waals surface area contributed by atoms with Crippen LogP contribution in [0.4, 0.5) is 0 Å². The maximum atomic E-state index is 11.5. The Morgan fingerprint density at radius 2 is 1.92 bits per heavy atom. The van der Waals surface area contributed by atoms with Crippen LogP contribution in [0.2, 0.25) is 0 Å². The second kappa shape index (κ2) is 10.5. The molecule has 0 saturated heterocycles. The van der Waals surface area contributed by atoms with Crippen molar-refractivity contribution in [2.45, 2.75) is 45.1 Å². The highest BCUT2D eigenvalue weighted by atomic mass is 16.5. The highest BCUT2D eigenvalue weighted by Gasteiger charge is 2.22. The number of unbranched alkanes of at least 4 members (excludes halogenated alkanes) is 2. The Hall–Kier alpha value is -2.23. The summed E-state index contributed by atoms with van der Waals surface area (Å²) in [5.74, 6) is 1.03. The molecule has 0 fully saturated rings. The minimum atomic E-state index is -0.304. The number of benzene rings is 1. The van der Waals surface area contributed by atoms with Crippen molar-refractivity contribution < 1.29 is 19.0 Å². The monoisotopic (exact) mass is 332 g/mol. The highest BCUT2D eigenvalue weighted by molar-refractivity contribution is 5.66. The number of rotatable bonds is 11. The topological polar surface area (TPSA) is 44.8 Å². The summed E-state index contributed by atoms with van der Waals surface area (Å²) in [5, 5.41) is 0. The first-order valence-corrected chi connectivity index (χ1v) is 8.21. The van der Waals surface area contributed by atoms with E-state index in [1.54, 1.807) is 14.2 Å². The molecule has 4 nitrogen and oxygen atoms in total. The Morgan fingerprint density at radius 1 is 1.17 bits per heavy atom. The number of allylic oxidation sites excluding steroid dienone is 2. The minimum absolute atomic E-state index is 0.289. The Bertz CT molecular complexity index is 563. The van der Waals surface area contributed by atoms with Crippen molar-refractivity contribution in [1.82, 2.24) is 0 Å². The van der Waals surface area contributed by atoms with Gasteiger partial charge in [0.1, 0.15) is 6.10 Å². The molecule has 1 aromatic rings. The summed E-state index contributed by atoms with van der Waals surface area (Å²) in [4.78, 5) is 11.5. The molecule has 4 heteroatoms. The van der Waals surface area contributed by atoms with Gasteiger partial charge in [0.05, 0.1) is 14.2 Å². The molecule has 1 atom stereocenters. The molecule has 0 aliphatic rings. The molecule has 1 rings (SSSR count). The normalized spacial score (nSPS) is 11.5. The Labute approximate surface area is 145 Å². The molecule has 1 unspecified atom stereocenters. The van der Waals surface area contributed by atoms with Crippen LogP contribution in [-0.4, -0.2) is 20.2 Å². The number of methoxy groups -OCH3 is 2. The highest BCUT2D eigenvalue weighted by Crippen LogP contribution is 2.38. The van der Waals surface area contributed by atoms with E-state index < -0.39 is 0 Å². The fourth-order valence-electron chi connectivity index (χ4n) is 2.76. The quantitative estimate of drug-likeness (QED) is 0.332. The standard InChI is InChI=1S/C20H28O4/c1-6-8-9-10-12-18(24-15(3)21)16-13-14-19(22-4)20(23-5)17(16)11-7-2/h6-7,13-14,18H,1-2,8-12H2,3-5H3. The van der Waals surface area contributed by atoms with Crippen molar-refractivity contribution in [2.75, 3.05) is 14.2 Å². The maximum absolute atomic E-state index is 11.5. The first-order valence-electron chi connectivity index (χ1n) is 8.21. The van der Waals surface area contributed by atoms with Gasteiger partial charge in [-0.2, -0.15) is 0 Å². The number of ether oxygens (including phenoxy) is 3.